The zero-order valence-corrected chi connectivity index (χ0v) is 16.3. The Morgan fingerprint density at radius 1 is 1.19 bits per heavy atom. The number of nitrogens with zero attached hydrogens (tertiary/aromatic N) is 3. The molecule has 0 saturated heterocycles. The van der Waals surface area contributed by atoms with Gasteiger partial charge in [0, 0.05) is 24.4 Å². The molecule has 6 rings (SSSR count). The molecule has 4 aliphatic rings. The van der Waals surface area contributed by atoms with Gasteiger partial charge in [-0.15, -0.1) is 0 Å². The van der Waals surface area contributed by atoms with Gasteiger partial charge in [-0.2, -0.15) is 9.78 Å². The largest absolute Gasteiger partial charge is 0.369 e. The van der Waals surface area contributed by atoms with Crippen LogP contribution in [0.1, 0.15) is 56.8 Å². The van der Waals surface area contributed by atoms with E-state index in [-0.39, 0.29) is 5.56 Å². The van der Waals surface area contributed by atoms with E-state index in [2.05, 4.69) is 26.4 Å². The van der Waals surface area contributed by atoms with Gasteiger partial charge in [-0.3, -0.25) is 9.78 Å². The van der Waals surface area contributed by atoms with E-state index in [1.54, 1.807) is 10.7 Å². The van der Waals surface area contributed by atoms with E-state index in [0.29, 0.717) is 11.4 Å². The van der Waals surface area contributed by atoms with Crippen LogP contribution in [0.25, 0.3) is 5.95 Å². The second-order valence-corrected chi connectivity index (χ2v) is 9.27. The van der Waals surface area contributed by atoms with Crippen LogP contribution in [-0.4, -0.2) is 26.3 Å². The fraction of sp³-hybridized carbons (Fsp3) is 0.667. The standard InChI is InChI=1S/C21H29N5O/c1-3-17-8-19(27)24-20(23-17)26-18(4-13(2)25-26)22-12-21-9-14-5-15(10-21)7-16(6-14)11-21/h4,8,14-16,22H,3,5-7,9-12H2,1-2H3,(H,23,24,27). The molecule has 0 aromatic carbocycles. The van der Waals surface area contributed by atoms with Gasteiger partial charge in [-0.25, -0.2) is 4.98 Å². The van der Waals surface area contributed by atoms with Crippen LogP contribution in [0, 0.1) is 30.1 Å². The molecular weight excluding hydrogens is 338 g/mol. The van der Waals surface area contributed by atoms with Gasteiger partial charge >= 0.3 is 0 Å². The maximum atomic E-state index is 12.0. The summed E-state index contributed by atoms with van der Waals surface area (Å²) in [6, 6.07) is 3.61. The third kappa shape index (κ3) is 3.09. The topological polar surface area (TPSA) is 75.6 Å². The van der Waals surface area contributed by atoms with Crippen LogP contribution >= 0.6 is 0 Å². The van der Waals surface area contributed by atoms with Crippen molar-refractivity contribution >= 4 is 5.82 Å². The monoisotopic (exact) mass is 367 g/mol. The van der Waals surface area contributed by atoms with E-state index in [9.17, 15) is 4.79 Å². The highest BCUT2D eigenvalue weighted by Crippen LogP contribution is 2.59. The second kappa shape index (κ2) is 6.21. The summed E-state index contributed by atoms with van der Waals surface area (Å²) in [6.45, 7) is 4.99. The SMILES string of the molecule is CCc1cc(=O)[nH]c(-n2nc(C)cc2NCC23CC4CC(CC(C4)C2)C3)n1. The number of aromatic amines is 1. The normalized spacial score (nSPS) is 31.4. The highest BCUT2D eigenvalue weighted by molar-refractivity contribution is 5.42. The van der Waals surface area contributed by atoms with Gasteiger partial charge in [0.15, 0.2) is 0 Å². The summed E-state index contributed by atoms with van der Waals surface area (Å²) in [5.41, 5.74) is 2.03. The lowest BCUT2D eigenvalue weighted by atomic mass is 9.49. The van der Waals surface area contributed by atoms with Crippen molar-refractivity contribution in [1.82, 2.24) is 19.7 Å². The Morgan fingerprint density at radius 3 is 2.48 bits per heavy atom. The molecule has 27 heavy (non-hydrogen) atoms. The fourth-order valence-electron chi connectivity index (χ4n) is 6.35. The first-order valence-electron chi connectivity index (χ1n) is 10.4. The fourth-order valence-corrected chi connectivity index (χ4v) is 6.35. The molecule has 0 spiro atoms. The molecule has 4 bridgehead atoms. The number of hydrogen-bond donors (Lipinski definition) is 2. The lowest BCUT2D eigenvalue weighted by molar-refractivity contribution is -0.0445. The zero-order chi connectivity index (χ0) is 18.6. The molecule has 2 N–H and O–H groups in total. The Bertz CT molecular complexity index is 876. The summed E-state index contributed by atoms with van der Waals surface area (Å²) < 4.78 is 1.76. The highest BCUT2D eigenvalue weighted by Gasteiger charge is 2.50. The smallest absolute Gasteiger partial charge is 0.252 e. The van der Waals surface area contributed by atoms with Crippen LogP contribution in [-0.2, 0) is 6.42 Å². The molecule has 2 aromatic rings. The minimum atomic E-state index is -0.128. The third-order valence-corrected chi connectivity index (χ3v) is 6.99. The second-order valence-electron chi connectivity index (χ2n) is 9.27. The van der Waals surface area contributed by atoms with Gasteiger partial charge in [0.1, 0.15) is 5.82 Å². The highest BCUT2D eigenvalue weighted by atomic mass is 16.1. The van der Waals surface area contributed by atoms with Gasteiger partial charge in [-0.1, -0.05) is 6.92 Å². The first-order valence-corrected chi connectivity index (χ1v) is 10.4. The lowest BCUT2D eigenvalue weighted by Crippen LogP contribution is -2.49. The molecule has 0 atom stereocenters. The molecule has 0 aliphatic heterocycles. The predicted octanol–water partition coefficient (Wildman–Crippen LogP) is 3.45. The molecular formula is C21H29N5O. The Balaban J connectivity index is 1.41. The first-order chi connectivity index (χ1) is 13.0. The minimum absolute atomic E-state index is 0.128. The van der Waals surface area contributed by atoms with Gasteiger partial charge in [0.2, 0.25) is 5.95 Å². The lowest BCUT2D eigenvalue weighted by Gasteiger charge is -2.57. The summed E-state index contributed by atoms with van der Waals surface area (Å²) in [7, 11) is 0. The van der Waals surface area contributed by atoms with Gasteiger partial charge < -0.3 is 5.32 Å². The first kappa shape index (κ1) is 17.0. The zero-order valence-electron chi connectivity index (χ0n) is 16.3. The van der Waals surface area contributed by atoms with Crippen LogP contribution in [0.5, 0.6) is 0 Å². The number of hydrogen-bond acceptors (Lipinski definition) is 4. The minimum Gasteiger partial charge on any atom is -0.369 e. The van der Waals surface area contributed by atoms with E-state index < -0.39 is 0 Å². The third-order valence-electron chi connectivity index (χ3n) is 6.99. The molecule has 0 unspecified atom stereocenters. The molecule has 4 fully saturated rings. The Kier molecular flexibility index (Phi) is 3.92. The summed E-state index contributed by atoms with van der Waals surface area (Å²) in [5.74, 6) is 4.27. The number of rotatable bonds is 5. The van der Waals surface area contributed by atoms with Gasteiger partial charge in [0.05, 0.1) is 5.69 Å². The average molecular weight is 367 g/mol. The van der Waals surface area contributed by atoms with Crippen LogP contribution in [0.2, 0.25) is 0 Å². The van der Waals surface area contributed by atoms with Crippen molar-refractivity contribution in [3.63, 3.8) is 0 Å². The molecule has 4 aliphatic carbocycles. The number of H-pyrrole nitrogens is 1. The predicted molar refractivity (Wildman–Crippen MR) is 105 cm³/mol. The van der Waals surface area contributed by atoms with Crippen molar-refractivity contribution < 1.29 is 0 Å². The van der Waals surface area contributed by atoms with Crippen LogP contribution in [0.3, 0.4) is 0 Å². The van der Waals surface area contributed by atoms with Gasteiger partial charge in [-0.05, 0) is 75.0 Å². The van der Waals surface area contributed by atoms with Crippen molar-refractivity contribution in [1.29, 1.82) is 0 Å². The molecule has 2 aromatic heterocycles. The van der Waals surface area contributed by atoms with E-state index in [1.165, 1.54) is 38.5 Å². The Hall–Kier alpha value is -2.11. The molecule has 4 saturated carbocycles. The average Bonchev–Trinajstić information content (AvgIpc) is 2.99. The molecule has 6 heteroatoms. The van der Waals surface area contributed by atoms with Crippen LogP contribution < -0.4 is 10.9 Å². The maximum absolute atomic E-state index is 12.0. The summed E-state index contributed by atoms with van der Waals surface area (Å²) in [4.78, 5) is 19.4. The van der Waals surface area contributed by atoms with E-state index in [0.717, 1.165) is 47.9 Å². The van der Waals surface area contributed by atoms with E-state index in [1.807, 2.05) is 13.8 Å². The molecule has 6 nitrogen and oxygen atoms in total. The van der Waals surface area contributed by atoms with E-state index in [4.69, 9.17) is 0 Å². The Morgan fingerprint density at radius 2 is 1.85 bits per heavy atom. The number of anilines is 1. The maximum Gasteiger partial charge on any atom is 0.252 e. The number of nitrogens with one attached hydrogen (secondary N) is 2. The van der Waals surface area contributed by atoms with Crippen LogP contribution in [0.15, 0.2) is 16.9 Å². The van der Waals surface area contributed by atoms with Crippen molar-refractivity contribution in [3.8, 4) is 5.95 Å². The van der Waals surface area contributed by atoms with Gasteiger partial charge in [0.25, 0.3) is 5.56 Å². The summed E-state index contributed by atoms with van der Waals surface area (Å²) in [6.07, 6.45) is 9.24. The summed E-state index contributed by atoms with van der Waals surface area (Å²) >= 11 is 0. The molecule has 2 heterocycles. The van der Waals surface area contributed by atoms with Crippen molar-refractivity contribution in [2.75, 3.05) is 11.9 Å². The quantitative estimate of drug-likeness (QED) is 0.849. The molecule has 0 amide bonds. The molecule has 0 radical (unpaired) electrons. The Labute approximate surface area is 159 Å². The molecule has 144 valence electrons. The number of aryl methyl sites for hydroxylation is 2. The van der Waals surface area contributed by atoms with Crippen molar-refractivity contribution in [2.45, 2.75) is 58.8 Å². The van der Waals surface area contributed by atoms with Crippen LogP contribution in [0.4, 0.5) is 5.82 Å². The van der Waals surface area contributed by atoms with Crippen molar-refractivity contribution in [2.24, 2.45) is 23.2 Å². The summed E-state index contributed by atoms with van der Waals surface area (Å²) in [5, 5.41) is 8.27. The number of aromatic nitrogens is 4. The van der Waals surface area contributed by atoms with E-state index >= 15 is 0 Å². The van der Waals surface area contributed by atoms with Crippen molar-refractivity contribution in [3.05, 3.63) is 33.9 Å².